The second-order valence-corrected chi connectivity index (χ2v) is 31.0. The summed E-state index contributed by atoms with van der Waals surface area (Å²) in [7, 11) is 0. The zero-order chi connectivity index (χ0) is 80.2. The summed E-state index contributed by atoms with van der Waals surface area (Å²) in [5, 5.41) is 15.4. The SMILES string of the molecule is c1ccc(-c2cccc(-c3ccc4c5ccc(-c6ccccc6)cc5c5ccccc5c4c3)c2)cc1.c1ccc(-c2nc(-c3ccccc3)nc(-c3ccc4c(c3)C3(c5ccccc5-c5ccccc53)c3ccccc3-4)n2)cc1.c1ccc(-c2nc(-c3ccccc3)nc(-c3cccc(-c4ccc5c6ccccc6c6ccccc6c5c4)c3)n2)cc1. The van der Waals surface area contributed by atoms with Crippen LogP contribution in [0.3, 0.4) is 0 Å². The fourth-order valence-corrected chi connectivity index (χ4v) is 18.5. The van der Waals surface area contributed by atoms with Crippen LogP contribution < -0.4 is 0 Å². The van der Waals surface area contributed by atoms with Gasteiger partial charge < -0.3 is 0 Å². The molecule has 1 spiro atoms. The van der Waals surface area contributed by atoms with E-state index in [1.807, 2.05) is 97.1 Å². The van der Waals surface area contributed by atoms with E-state index in [1.165, 1.54) is 143 Å². The summed E-state index contributed by atoms with van der Waals surface area (Å²) < 4.78 is 0. The van der Waals surface area contributed by atoms with Gasteiger partial charge in [-0.3, -0.25) is 0 Å². The number of nitrogens with zero attached hydrogens (tertiary/aromatic N) is 6. The Labute approximate surface area is 701 Å². The Bertz CT molecular complexity index is 7510. The number of hydrogen-bond acceptors (Lipinski definition) is 6. The van der Waals surface area contributed by atoms with Crippen molar-refractivity contribution in [2.45, 2.75) is 5.41 Å². The highest BCUT2D eigenvalue weighted by atomic mass is 15.0. The summed E-state index contributed by atoms with van der Waals surface area (Å²) in [6, 6.07) is 159. The van der Waals surface area contributed by atoms with E-state index in [1.54, 1.807) is 0 Å². The van der Waals surface area contributed by atoms with Crippen LogP contribution in [0.4, 0.5) is 0 Å². The van der Waals surface area contributed by atoms with Gasteiger partial charge in [-0.1, -0.05) is 413 Å². The third-order valence-corrected chi connectivity index (χ3v) is 24.1. The lowest BCUT2D eigenvalue weighted by Gasteiger charge is -2.30. The molecule has 0 aliphatic heterocycles. The minimum absolute atomic E-state index is 0.410. The van der Waals surface area contributed by atoms with Crippen molar-refractivity contribution in [3.05, 3.63) is 471 Å². The lowest BCUT2D eigenvalue weighted by molar-refractivity contribution is 0.794. The first-order chi connectivity index (χ1) is 60.0. The molecule has 0 atom stereocenters. The molecule has 0 unspecified atom stereocenters. The van der Waals surface area contributed by atoms with Crippen LogP contribution in [-0.2, 0) is 5.41 Å². The maximum absolute atomic E-state index is 5.06. The number of hydrogen-bond donors (Lipinski definition) is 0. The van der Waals surface area contributed by atoms with Crippen LogP contribution >= 0.6 is 0 Å². The van der Waals surface area contributed by atoms with E-state index < -0.39 is 5.41 Å². The Kier molecular flexibility index (Phi) is 18.1. The Morgan fingerprint density at radius 1 is 0.116 bits per heavy atom. The second kappa shape index (κ2) is 30.6. The van der Waals surface area contributed by atoms with Crippen LogP contribution in [0.2, 0.25) is 0 Å². The van der Waals surface area contributed by atoms with E-state index in [2.05, 4.69) is 352 Å². The third kappa shape index (κ3) is 12.9. The molecular weight excluding hydrogens is 1470 g/mol. The zero-order valence-corrected chi connectivity index (χ0v) is 65.9. The molecule has 0 bridgehead atoms. The lowest BCUT2D eigenvalue weighted by atomic mass is 9.70. The van der Waals surface area contributed by atoms with E-state index in [0.717, 1.165) is 44.5 Å². The second-order valence-electron chi connectivity index (χ2n) is 31.0. The summed E-state index contributed by atoms with van der Waals surface area (Å²) in [6.07, 6.45) is 0. The largest absolute Gasteiger partial charge is 0.208 e. The maximum Gasteiger partial charge on any atom is 0.164 e. The van der Waals surface area contributed by atoms with Crippen LogP contribution in [0, 0.1) is 0 Å². The molecule has 6 nitrogen and oxygen atoms in total. The van der Waals surface area contributed by atoms with Gasteiger partial charge in [0.25, 0.3) is 0 Å². The van der Waals surface area contributed by atoms with Gasteiger partial charge in [-0.15, -0.1) is 0 Å². The van der Waals surface area contributed by atoms with Gasteiger partial charge >= 0.3 is 0 Å². The van der Waals surface area contributed by atoms with Crippen LogP contribution in [0.5, 0.6) is 0 Å². The molecule has 2 heterocycles. The average Bonchev–Trinajstić information content (AvgIpc) is 1.51. The van der Waals surface area contributed by atoms with Crippen molar-refractivity contribution in [1.82, 2.24) is 29.9 Å². The molecule has 0 N–H and O–H groups in total. The van der Waals surface area contributed by atoms with Gasteiger partial charge in [0.2, 0.25) is 0 Å². The molecule has 2 aromatic heterocycles. The van der Waals surface area contributed by atoms with Crippen molar-refractivity contribution in [2.24, 2.45) is 0 Å². The number of fused-ring (bicyclic) bond motifs is 22. The smallest absolute Gasteiger partial charge is 0.164 e. The first-order valence-electron chi connectivity index (χ1n) is 41.2. The number of aromatic nitrogens is 6. The van der Waals surface area contributed by atoms with Crippen LogP contribution in [0.15, 0.2) is 449 Å². The first kappa shape index (κ1) is 71.5. The van der Waals surface area contributed by atoms with Gasteiger partial charge in [-0.2, -0.15) is 0 Å². The van der Waals surface area contributed by atoms with Crippen molar-refractivity contribution in [3.63, 3.8) is 0 Å². The van der Waals surface area contributed by atoms with E-state index in [-0.39, 0.29) is 0 Å². The van der Waals surface area contributed by atoms with Crippen LogP contribution in [-0.4, -0.2) is 29.9 Å². The molecule has 0 saturated heterocycles. The average molecular weight is 1540 g/mol. The summed E-state index contributed by atoms with van der Waals surface area (Å²) in [6.45, 7) is 0. The topological polar surface area (TPSA) is 77.3 Å². The highest BCUT2D eigenvalue weighted by Crippen LogP contribution is 2.63. The molecule has 0 saturated carbocycles. The molecule has 0 amide bonds. The standard InChI is InChI=1S/C40H25N3.C39H25N3.C36H24/c1-3-13-26(14-4-1)37-41-38(27-15-5-2-6-16-27)43-39(42-37)28-23-24-32-31-19-9-12-22-35(31)40(36(32)25-28)33-20-10-7-17-29(33)30-18-8-11-21-34(30)40;1-3-12-26(13-4-1)37-40-38(27-14-5-2-6-15-27)42-39(41-37)30-17-11-16-28(24-30)29-22-23-35-33-20-8-7-18-31(33)32-19-9-10-21-34(32)36(35)25-29;1-3-10-25(11-4-1)27-14-9-15-28(22-27)30-19-21-34-33-20-18-29(26-12-5-2-6-13-26)23-35(33)31-16-7-8-17-32(31)36(34)24-30/h1-25H;1-25H;1-24H. The molecule has 0 radical (unpaired) electrons. The van der Waals surface area contributed by atoms with Crippen molar-refractivity contribution in [2.75, 3.05) is 0 Å². The number of rotatable bonds is 10. The molecule has 0 fully saturated rings. The first-order valence-corrected chi connectivity index (χ1v) is 41.2. The Hall–Kier alpha value is -16.0. The Balaban J connectivity index is 0.000000109. The van der Waals surface area contributed by atoms with E-state index in [9.17, 15) is 0 Å². The molecule has 564 valence electrons. The highest BCUT2D eigenvalue weighted by molar-refractivity contribution is 6.27. The van der Waals surface area contributed by atoms with Gasteiger partial charge in [0.05, 0.1) is 5.41 Å². The zero-order valence-electron chi connectivity index (χ0n) is 65.9. The molecule has 22 aromatic rings. The summed E-state index contributed by atoms with van der Waals surface area (Å²) >= 11 is 0. The minimum Gasteiger partial charge on any atom is -0.208 e. The van der Waals surface area contributed by atoms with Gasteiger partial charge in [-0.25, -0.2) is 29.9 Å². The van der Waals surface area contributed by atoms with Crippen molar-refractivity contribution < 1.29 is 0 Å². The quantitative estimate of drug-likeness (QED) is 0.127. The molecule has 121 heavy (non-hydrogen) atoms. The van der Waals surface area contributed by atoms with Gasteiger partial charge in [0.15, 0.2) is 34.9 Å². The van der Waals surface area contributed by atoms with Crippen molar-refractivity contribution in [1.29, 1.82) is 0 Å². The summed E-state index contributed by atoms with van der Waals surface area (Å²) in [4.78, 5) is 29.7. The summed E-state index contributed by atoms with van der Waals surface area (Å²) in [5.74, 6) is 3.98. The minimum atomic E-state index is -0.410. The van der Waals surface area contributed by atoms with Gasteiger partial charge in [-0.05, 0) is 190 Å². The van der Waals surface area contributed by atoms with Crippen LogP contribution in [0.25, 0.3) is 200 Å². The Morgan fingerprint density at radius 2 is 0.322 bits per heavy atom. The third-order valence-electron chi connectivity index (χ3n) is 24.1. The Morgan fingerprint density at radius 3 is 0.661 bits per heavy atom. The fourth-order valence-electron chi connectivity index (χ4n) is 18.5. The molecule has 2 aliphatic carbocycles. The highest BCUT2D eigenvalue weighted by Gasteiger charge is 2.51. The van der Waals surface area contributed by atoms with E-state index in [0.29, 0.717) is 34.9 Å². The van der Waals surface area contributed by atoms with E-state index >= 15 is 0 Å². The predicted molar refractivity (Wildman–Crippen MR) is 502 cm³/mol. The monoisotopic (exact) mass is 1540 g/mol. The van der Waals surface area contributed by atoms with Gasteiger partial charge in [0, 0.05) is 33.4 Å². The van der Waals surface area contributed by atoms with E-state index in [4.69, 9.17) is 29.9 Å². The van der Waals surface area contributed by atoms with Crippen molar-refractivity contribution >= 4 is 64.6 Å². The summed E-state index contributed by atoms with van der Waals surface area (Å²) in [5.41, 5.74) is 25.5. The fraction of sp³-hybridized carbons (Fsp3) is 0.00870. The molecule has 20 aromatic carbocycles. The lowest BCUT2D eigenvalue weighted by Crippen LogP contribution is -2.25. The normalized spacial score (nSPS) is 12.0. The molecular formula is C115H74N6. The van der Waals surface area contributed by atoms with Gasteiger partial charge in [0.1, 0.15) is 0 Å². The van der Waals surface area contributed by atoms with Crippen LogP contribution in [0.1, 0.15) is 22.3 Å². The van der Waals surface area contributed by atoms with Crippen molar-refractivity contribution in [3.8, 4) is 135 Å². The number of benzene rings is 20. The predicted octanol–water partition coefficient (Wildman–Crippen LogP) is 29.4. The molecule has 2 aliphatic rings. The molecule has 6 heteroatoms. The molecule has 24 rings (SSSR count). The maximum atomic E-state index is 5.06.